The van der Waals surface area contributed by atoms with Gasteiger partial charge >= 0.3 is 5.97 Å². The fourth-order valence-electron chi connectivity index (χ4n) is 2.81. The first kappa shape index (κ1) is 20.0. The van der Waals surface area contributed by atoms with Crippen LogP contribution >= 0.6 is 0 Å². The molecule has 1 N–H and O–H groups in total. The van der Waals surface area contributed by atoms with Crippen molar-refractivity contribution in [3.63, 3.8) is 0 Å². The van der Waals surface area contributed by atoms with E-state index < -0.39 is 18.0 Å². The lowest BCUT2D eigenvalue weighted by Crippen LogP contribution is -2.35. The van der Waals surface area contributed by atoms with Crippen LogP contribution in [0.2, 0.25) is 0 Å². The highest BCUT2D eigenvalue weighted by Gasteiger charge is 2.23. The Morgan fingerprint density at radius 1 is 0.793 bits per heavy atom. The molecular formula is C24H21NO4. The molecule has 0 aliphatic carbocycles. The van der Waals surface area contributed by atoms with Gasteiger partial charge in [0.05, 0.1) is 5.56 Å². The summed E-state index contributed by atoms with van der Waals surface area (Å²) < 4.78 is 5.31. The maximum Gasteiger partial charge on any atom is 0.339 e. The Balaban J connectivity index is 1.67. The van der Waals surface area contributed by atoms with Crippen LogP contribution in [0.3, 0.4) is 0 Å². The lowest BCUT2D eigenvalue weighted by atomic mass is 9.98. The highest BCUT2D eigenvalue weighted by atomic mass is 16.5. The highest BCUT2D eigenvalue weighted by Crippen LogP contribution is 2.16. The molecule has 0 aliphatic heterocycles. The Labute approximate surface area is 169 Å². The standard InChI is InChI=1S/C24H21NO4/c1-17(23(27)25-16-18-10-4-2-5-11-18)29-24(28)21-15-9-8-14-20(21)22(26)19-12-6-3-7-13-19/h2-15,17H,16H2,1H3,(H,25,27)/t17-/m1/s1. The predicted molar refractivity (Wildman–Crippen MR) is 109 cm³/mol. The maximum atomic E-state index is 12.8. The van der Waals surface area contributed by atoms with Crippen molar-refractivity contribution in [1.82, 2.24) is 5.32 Å². The van der Waals surface area contributed by atoms with Gasteiger partial charge in [-0.3, -0.25) is 9.59 Å². The van der Waals surface area contributed by atoms with Gasteiger partial charge in [0, 0.05) is 17.7 Å². The topological polar surface area (TPSA) is 72.5 Å². The molecule has 0 saturated heterocycles. The number of hydrogen-bond acceptors (Lipinski definition) is 4. The van der Waals surface area contributed by atoms with Crippen molar-refractivity contribution in [2.75, 3.05) is 0 Å². The average molecular weight is 387 g/mol. The number of esters is 1. The zero-order valence-corrected chi connectivity index (χ0v) is 16.0. The quantitative estimate of drug-likeness (QED) is 0.495. The fourth-order valence-corrected chi connectivity index (χ4v) is 2.81. The van der Waals surface area contributed by atoms with Crippen molar-refractivity contribution in [3.05, 3.63) is 107 Å². The Morgan fingerprint density at radius 3 is 2.00 bits per heavy atom. The first-order valence-corrected chi connectivity index (χ1v) is 9.27. The number of amides is 1. The summed E-state index contributed by atoms with van der Waals surface area (Å²) in [7, 11) is 0. The molecule has 3 rings (SSSR count). The fraction of sp³-hybridized carbons (Fsp3) is 0.125. The van der Waals surface area contributed by atoms with Crippen molar-refractivity contribution < 1.29 is 19.1 Å². The second-order valence-corrected chi connectivity index (χ2v) is 6.49. The molecule has 3 aromatic rings. The highest BCUT2D eigenvalue weighted by molar-refractivity contribution is 6.14. The Bertz CT molecular complexity index is 1000. The number of nitrogens with one attached hydrogen (secondary N) is 1. The number of ether oxygens (including phenoxy) is 1. The first-order chi connectivity index (χ1) is 14.1. The average Bonchev–Trinajstić information content (AvgIpc) is 2.78. The number of ketones is 1. The Hall–Kier alpha value is -3.73. The van der Waals surface area contributed by atoms with E-state index >= 15 is 0 Å². The molecule has 0 aromatic heterocycles. The predicted octanol–water partition coefficient (Wildman–Crippen LogP) is 3.78. The molecule has 5 heteroatoms. The summed E-state index contributed by atoms with van der Waals surface area (Å²) in [5.74, 6) is -1.40. The third-order valence-electron chi connectivity index (χ3n) is 4.39. The Kier molecular flexibility index (Phi) is 6.53. The summed E-state index contributed by atoms with van der Waals surface area (Å²) in [6.07, 6.45) is -0.994. The summed E-state index contributed by atoms with van der Waals surface area (Å²) in [4.78, 5) is 37.7. The van der Waals surface area contributed by atoms with E-state index in [-0.39, 0.29) is 16.9 Å². The van der Waals surface area contributed by atoms with Crippen molar-refractivity contribution in [2.24, 2.45) is 0 Å². The van der Waals surface area contributed by atoms with Gasteiger partial charge in [-0.2, -0.15) is 0 Å². The van der Waals surface area contributed by atoms with Gasteiger partial charge in [-0.1, -0.05) is 78.9 Å². The summed E-state index contributed by atoms with van der Waals surface area (Å²) in [5, 5.41) is 2.74. The van der Waals surface area contributed by atoms with Gasteiger partial charge in [0.2, 0.25) is 0 Å². The third-order valence-corrected chi connectivity index (χ3v) is 4.39. The van der Waals surface area contributed by atoms with Crippen LogP contribution in [-0.4, -0.2) is 23.8 Å². The van der Waals surface area contributed by atoms with Gasteiger partial charge < -0.3 is 10.1 Å². The largest absolute Gasteiger partial charge is 0.449 e. The van der Waals surface area contributed by atoms with Crippen molar-refractivity contribution >= 4 is 17.7 Å². The minimum Gasteiger partial charge on any atom is -0.449 e. The normalized spacial score (nSPS) is 11.3. The van der Waals surface area contributed by atoms with E-state index in [1.807, 2.05) is 36.4 Å². The van der Waals surface area contributed by atoms with Gasteiger partial charge in [-0.05, 0) is 18.6 Å². The molecule has 3 aromatic carbocycles. The molecule has 0 fully saturated rings. The SMILES string of the molecule is C[C@@H](OC(=O)c1ccccc1C(=O)c1ccccc1)C(=O)NCc1ccccc1. The molecule has 0 spiro atoms. The first-order valence-electron chi connectivity index (χ1n) is 9.27. The molecule has 0 radical (unpaired) electrons. The molecule has 0 unspecified atom stereocenters. The zero-order valence-electron chi connectivity index (χ0n) is 16.0. The van der Waals surface area contributed by atoms with E-state index in [9.17, 15) is 14.4 Å². The van der Waals surface area contributed by atoms with Crippen LogP contribution in [0.4, 0.5) is 0 Å². The summed E-state index contributed by atoms with van der Waals surface area (Å²) in [6.45, 7) is 1.84. The third kappa shape index (κ3) is 5.17. The van der Waals surface area contributed by atoms with Gasteiger partial charge in [0.1, 0.15) is 0 Å². The summed E-state index contributed by atoms with van der Waals surface area (Å²) in [6, 6.07) is 24.6. The molecule has 0 saturated carbocycles. The van der Waals surface area contributed by atoms with E-state index in [4.69, 9.17) is 4.74 Å². The number of carbonyl (C=O) groups excluding carboxylic acids is 3. The zero-order chi connectivity index (χ0) is 20.6. The van der Waals surface area contributed by atoms with Gasteiger partial charge in [-0.15, -0.1) is 0 Å². The molecule has 0 aliphatic rings. The molecule has 1 atom stereocenters. The van der Waals surface area contributed by atoms with Crippen LogP contribution in [0, 0.1) is 0 Å². The molecule has 1 amide bonds. The molecule has 5 nitrogen and oxygen atoms in total. The number of carbonyl (C=O) groups is 3. The molecular weight excluding hydrogens is 366 g/mol. The summed E-state index contributed by atoms with van der Waals surface area (Å²) in [5.41, 5.74) is 1.78. The smallest absolute Gasteiger partial charge is 0.339 e. The van der Waals surface area contributed by atoms with E-state index in [0.717, 1.165) is 5.56 Å². The van der Waals surface area contributed by atoms with Crippen LogP contribution in [0.5, 0.6) is 0 Å². The Morgan fingerprint density at radius 2 is 1.34 bits per heavy atom. The van der Waals surface area contributed by atoms with E-state index in [0.29, 0.717) is 12.1 Å². The van der Waals surface area contributed by atoms with E-state index in [1.54, 1.807) is 42.5 Å². The van der Waals surface area contributed by atoms with Crippen LogP contribution < -0.4 is 5.32 Å². The van der Waals surface area contributed by atoms with Crippen LogP contribution in [0.25, 0.3) is 0 Å². The lowest BCUT2D eigenvalue weighted by molar-refractivity contribution is -0.129. The van der Waals surface area contributed by atoms with Gasteiger partial charge in [-0.25, -0.2) is 4.79 Å². The van der Waals surface area contributed by atoms with Crippen molar-refractivity contribution in [3.8, 4) is 0 Å². The second-order valence-electron chi connectivity index (χ2n) is 6.49. The van der Waals surface area contributed by atoms with E-state index in [1.165, 1.54) is 13.0 Å². The lowest BCUT2D eigenvalue weighted by Gasteiger charge is -2.15. The van der Waals surface area contributed by atoms with Crippen molar-refractivity contribution in [1.29, 1.82) is 0 Å². The molecule has 0 bridgehead atoms. The van der Waals surface area contributed by atoms with Gasteiger partial charge in [0.25, 0.3) is 5.91 Å². The van der Waals surface area contributed by atoms with E-state index in [2.05, 4.69) is 5.32 Å². The molecule has 146 valence electrons. The number of hydrogen-bond donors (Lipinski definition) is 1. The van der Waals surface area contributed by atoms with Crippen LogP contribution in [0.1, 0.15) is 38.8 Å². The maximum absolute atomic E-state index is 12.8. The molecule has 0 heterocycles. The number of benzene rings is 3. The number of rotatable bonds is 7. The summed E-state index contributed by atoms with van der Waals surface area (Å²) >= 11 is 0. The second kappa shape index (κ2) is 9.46. The minimum atomic E-state index is -0.994. The minimum absolute atomic E-state index is 0.129. The van der Waals surface area contributed by atoms with Gasteiger partial charge in [0.15, 0.2) is 11.9 Å². The van der Waals surface area contributed by atoms with Crippen molar-refractivity contribution in [2.45, 2.75) is 19.6 Å². The molecule has 29 heavy (non-hydrogen) atoms. The van der Waals surface area contributed by atoms with Crippen LogP contribution in [-0.2, 0) is 16.1 Å². The monoisotopic (exact) mass is 387 g/mol. The van der Waals surface area contributed by atoms with Crippen LogP contribution in [0.15, 0.2) is 84.9 Å².